The average Bonchev–Trinajstić information content (AvgIpc) is 3.56. The maximum Gasteiger partial charge on any atom is 0.273 e. The molecular formula is C24H13N3O5S. The lowest BCUT2D eigenvalue weighted by Crippen LogP contribution is -2.32. The maximum absolute atomic E-state index is 13.1. The number of nitriles is 2. The van der Waals surface area contributed by atoms with Gasteiger partial charge < -0.3 is 18.9 Å². The van der Waals surface area contributed by atoms with Crippen molar-refractivity contribution < 1.29 is 18.9 Å². The van der Waals surface area contributed by atoms with Gasteiger partial charge in [0.25, 0.3) is 5.56 Å². The molecule has 0 saturated heterocycles. The molecule has 0 fully saturated rings. The van der Waals surface area contributed by atoms with Crippen molar-refractivity contribution in [3.05, 3.63) is 72.6 Å². The van der Waals surface area contributed by atoms with Crippen LogP contribution >= 0.6 is 11.3 Å². The average molecular weight is 455 g/mol. The van der Waals surface area contributed by atoms with Crippen molar-refractivity contribution in [3.8, 4) is 35.1 Å². The molecule has 0 saturated carbocycles. The molecule has 9 heteroatoms. The van der Waals surface area contributed by atoms with Crippen molar-refractivity contribution in [2.75, 3.05) is 13.6 Å². The van der Waals surface area contributed by atoms with Crippen LogP contribution in [-0.4, -0.2) is 18.2 Å². The highest BCUT2D eigenvalue weighted by Crippen LogP contribution is 2.40. The van der Waals surface area contributed by atoms with Crippen LogP contribution in [0.1, 0.15) is 17.0 Å². The highest BCUT2D eigenvalue weighted by Gasteiger charge is 2.30. The second-order valence-corrected chi connectivity index (χ2v) is 8.50. The molecular weight excluding hydrogens is 442 g/mol. The summed E-state index contributed by atoms with van der Waals surface area (Å²) in [6.45, 7) is 0.293. The van der Waals surface area contributed by atoms with Gasteiger partial charge in [0.15, 0.2) is 23.0 Å². The first kappa shape index (κ1) is 19.2. The topological polar surface area (TPSA) is 106 Å². The lowest BCUT2D eigenvalue weighted by atomic mass is 9.85. The summed E-state index contributed by atoms with van der Waals surface area (Å²) in [6.07, 6.45) is 3.26. The number of ether oxygens (including phenoxy) is 4. The minimum atomic E-state index is -0.606. The van der Waals surface area contributed by atoms with E-state index in [1.807, 2.05) is 12.1 Å². The Balaban J connectivity index is 1.54. The minimum Gasteiger partial charge on any atom is -0.454 e. The third-order valence-corrected chi connectivity index (χ3v) is 6.75. The van der Waals surface area contributed by atoms with Crippen molar-refractivity contribution in [1.82, 2.24) is 4.57 Å². The highest BCUT2D eigenvalue weighted by atomic mass is 32.1. The molecule has 3 aliphatic rings. The van der Waals surface area contributed by atoms with Crippen molar-refractivity contribution >= 4 is 29.2 Å². The molecule has 2 aromatic carbocycles. The van der Waals surface area contributed by atoms with E-state index in [2.05, 4.69) is 12.1 Å². The van der Waals surface area contributed by atoms with Crippen LogP contribution in [0, 0.1) is 22.7 Å². The standard InChI is InChI=1S/C24H13N3O5S/c25-8-15-10-27-23(28)21(6-13-1-3-17-19(5-13)31-11-29-17)33-24(27)16(9-26)22(15)14-2-4-18-20(7-14)32-12-30-18/h1-7,10,22H,11-12H2. The van der Waals surface area contributed by atoms with Gasteiger partial charge in [-0.15, -0.1) is 11.3 Å². The summed E-state index contributed by atoms with van der Waals surface area (Å²) in [5.41, 5.74) is 1.83. The third-order valence-electron chi connectivity index (χ3n) is 5.63. The van der Waals surface area contributed by atoms with Gasteiger partial charge in [-0.2, -0.15) is 10.5 Å². The summed E-state index contributed by atoms with van der Waals surface area (Å²) < 4.78 is 23.9. The lowest BCUT2D eigenvalue weighted by Gasteiger charge is -2.19. The predicted molar refractivity (Wildman–Crippen MR) is 118 cm³/mol. The van der Waals surface area contributed by atoms with E-state index in [0.29, 0.717) is 43.3 Å². The first-order valence-electron chi connectivity index (χ1n) is 9.94. The molecule has 0 spiro atoms. The molecule has 1 atom stereocenters. The lowest BCUT2D eigenvalue weighted by molar-refractivity contribution is 0.173. The first-order valence-corrected chi connectivity index (χ1v) is 10.8. The zero-order valence-corrected chi connectivity index (χ0v) is 17.7. The van der Waals surface area contributed by atoms with Gasteiger partial charge in [0.2, 0.25) is 13.6 Å². The number of rotatable bonds is 2. The number of nitrogens with zero attached hydrogens (tertiary/aromatic N) is 3. The van der Waals surface area contributed by atoms with E-state index in [1.54, 1.807) is 30.3 Å². The number of aromatic nitrogens is 1. The Morgan fingerprint density at radius 1 is 0.939 bits per heavy atom. The Kier molecular flexibility index (Phi) is 4.25. The van der Waals surface area contributed by atoms with Gasteiger partial charge in [-0.05, 0) is 41.5 Å². The smallest absolute Gasteiger partial charge is 0.273 e. The van der Waals surface area contributed by atoms with Crippen LogP contribution in [-0.2, 0) is 0 Å². The summed E-state index contributed by atoms with van der Waals surface area (Å²) in [6, 6.07) is 15.2. The number of benzene rings is 2. The third kappa shape index (κ3) is 2.99. The van der Waals surface area contributed by atoms with E-state index < -0.39 is 5.92 Å². The van der Waals surface area contributed by atoms with Crippen molar-refractivity contribution in [2.24, 2.45) is 0 Å². The molecule has 33 heavy (non-hydrogen) atoms. The SMILES string of the molecule is N#CC1=Cn2c(sc(=Cc3ccc4c(c3)OCO4)c2=O)=C(C#N)C1c1ccc2c(c1)OCO2. The van der Waals surface area contributed by atoms with Crippen LogP contribution in [0.3, 0.4) is 0 Å². The Hall–Kier alpha value is -4.47. The first-order chi connectivity index (χ1) is 16.2. The van der Waals surface area contributed by atoms with E-state index in [4.69, 9.17) is 18.9 Å². The maximum atomic E-state index is 13.1. The van der Waals surface area contributed by atoms with E-state index in [0.717, 1.165) is 11.1 Å². The van der Waals surface area contributed by atoms with Gasteiger partial charge >= 0.3 is 0 Å². The molecule has 0 amide bonds. The van der Waals surface area contributed by atoms with Gasteiger partial charge in [0.1, 0.15) is 4.66 Å². The van der Waals surface area contributed by atoms with Crippen LogP contribution in [0.4, 0.5) is 0 Å². The van der Waals surface area contributed by atoms with Crippen LogP contribution in [0.2, 0.25) is 0 Å². The fourth-order valence-corrected chi connectivity index (χ4v) is 5.19. The van der Waals surface area contributed by atoms with Crippen molar-refractivity contribution in [3.63, 3.8) is 0 Å². The number of hydrogen-bond donors (Lipinski definition) is 0. The number of fused-ring (bicyclic) bond motifs is 3. The fraction of sp³-hybridized carbons (Fsp3) is 0.125. The van der Waals surface area contributed by atoms with Crippen LogP contribution in [0.5, 0.6) is 23.0 Å². The molecule has 0 aliphatic carbocycles. The van der Waals surface area contributed by atoms with Crippen LogP contribution in [0.15, 0.2) is 46.8 Å². The molecule has 3 aromatic rings. The number of thiazole rings is 1. The number of hydrogen-bond acceptors (Lipinski definition) is 8. The second-order valence-electron chi connectivity index (χ2n) is 7.47. The molecule has 160 valence electrons. The molecule has 8 nitrogen and oxygen atoms in total. The van der Waals surface area contributed by atoms with Gasteiger partial charge in [0.05, 0.1) is 33.7 Å². The molecule has 1 unspecified atom stereocenters. The molecule has 4 heterocycles. The largest absolute Gasteiger partial charge is 0.454 e. The van der Waals surface area contributed by atoms with Gasteiger partial charge in [-0.1, -0.05) is 12.1 Å². The summed E-state index contributed by atoms with van der Waals surface area (Å²) >= 11 is 1.21. The Labute approximate surface area is 190 Å². The number of allylic oxidation sites excluding steroid dienone is 1. The zero-order chi connectivity index (χ0) is 22.5. The van der Waals surface area contributed by atoms with Gasteiger partial charge in [-0.25, -0.2) is 0 Å². The summed E-state index contributed by atoms with van der Waals surface area (Å²) in [5, 5.41) is 19.9. The van der Waals surface area contributed by atoms with E-state index in [-0.39, 0.29) is 19.1 Å². The van der Waals surface area contributed by atoms with E-state index >= 15 is 0 Å². The second kappa shape index (κ2) is 7.30. The molecule has 6 rings (SSSR count). The van der Waals surface area contributed by atoms with Crippen LogP contribution < -0.4 is 33.7 Å². The molecule has 0 radical (unpaired) electrons. The summed E-state index contributed by atoms with van der Waals surface area (Å²) in [4.78, 5) is 13.1. The molecule has 3 aliphatic heterocycles. The van der Waals surface area contributed by atoms with E-state index in [1.165, 1.54) is 22.1 Å². The Bertz CT molecular complexity index is 1630. The van der Waals surface area contributed by atoms with Crippen molar-refractivity contribution in [2.45, 2.75) is 5.92 Å². The van der Waals surface area contributed by atoms with Gasteiger partial charge in [0, 0.05) is 6.20 Å². The van der Waals surface area contributed by atoms with Gasteiger partial charge in [-0.3, -0.25) is 9.36 Å². The fourth-order valence-electron chi connectivity index (χ4n) is 4.09. The molecule has 0 bridgehead atoms. The molecule has 1 aromatic heterocycles. The van der Waals surface area contributed by atoms with Crippen LogP contribution in [0.25, 0.3) is 17.8 Å². The Morgan fingerprint density at radius 3 is 2.36 bits per heavy atom. The Morgan fingerprint density at radius 2 is 1.64 bits per heavy atom. The summed E-state index contributed by atoms with van der Waals surface area (Å²) in [5.74, 6) is 1.84. The molecule has 0 N–H and O–H groups in total. The van der Waals surface area contributed by atoms with E-state index in [9.17, 15) is 15.3 Å². The predicted octanol–water partition coefficient (Wildman–Crippen LogP) is 2.03. The monoisotopic (exact) mass is 455 g/mol. The summed E-state index contributed by atoms with van der Waals surface area (Å²) in [7, 11) is 0. The highest BCUT2D eigenvalue weighted by molar-refractivity contribution is 7.07. The quantitative estimate of drug-likeness (QED) is 0.582. The normalized spacial score (nSPS) is 17.9. The van der Waals surface area contributed by atoms with Crippen molar-refractivity contribution in [1.29, 1.82) is 10.5 Å². The zero-order valence-electron chi connectivity index (χ0n) is 16.9. The minimum absolute atomic E-state index is 0.128.